The van der Waals surface area contributed by atoms with Crippen LogP contribution in [-0.2, 0) is 4.74 Å². The van der Waals surface area contributed by atoms with E-state index in [1.54, 1.807) is 0 Å². The van der Waals surface area contributed by atoms with Gasteiger partial charge in [-0.1, -0.05) is 6.92 Å². The number of hydrogen-bond donors (Lipinski definition) is 0. The van der Waals surface area contributed by atoms with Gasteiger partial charge in [0.05, 0.1) is 13.2 Å². The Hall–Kier alpha value is -0.120. The quantitative estimate of drug-likeness (QED) is 0.706. The maximum Gasteiger partial charge on any atom is 0.0594 e. The maximum absolute atomic E-state index is 5.40. The highest BCUT2D eigenvalue weighted by molar-refractivity contribution is 4.83. The van der Waals surface area contributed by atoms with Crippen LogP contribution in [-0.4, -0.2) is 62.3 Å². The van der Waals surface area contributed by atoms with Gasteiger partial charge in [0.25, 0.3) is 0 Å². The average molecular weight is 226 g/mol. The lowest BCUT2D eigenvalue weighted by Gasteiger charge is -2.42. The molecule has 2 saturated heterocycles. The van der Waals surface area contributed by atoms with Crippen LogP contribution in [0, 0.1) is 11.8 Å². The van der Waals surface area contributed by atoms with Gasteiger partial charge in [-0.25, -0.2) is 0 Å². The maximum atomic E-state index is 5.40. The van der Waals surface area contributed by atoms with Crippen LogP contribution < -0.4 is 0 Å². The Bertz CT molecular complexity index is 216. The predicted octanol–water partition coefficient (Wildman–Crippen LogP) is 1.29. The van der Waals surface area contributed by atoms with Crippen molar-refractivity contribution in [2.45, 2.75) is 26.3 Å². The lowest BCUT2D eigenvalue weighted by atomic mass is 9.83. The van der Waals surface area contributed by atoms with E-state index < -0.39 is 0 Å². The standard InChI is InChI=1S/C13H26N2O/c1-11-8-12(2)14(3)9-13(11)10-15-4-6-16-7-5-15/h11-13H,4-10H2,1-3H3. The third-order valence-electron chi connectivity index (χ3n) is 4.39. The fourth-order valence-electron chi connectivity index (χ4n) is 2.99. The molecule has 0 aliphatic carbocycles. The summed E-state index contributed by atoms with van der Waals surface area (Å²) in [7, 11) is 2.27. The zero-order valence-corrected chi connectivity index (χ0v) is 11.0. The van der Waals surface area contributed by atoms with Crippen LogP contribution in [0.3, 0.4) is 0 Å². The summed E-state index contributed by atoms with van der Waals surface area (Å²) in [6.07, 6.45) is 1.35. The number of piperidine rings is 1. The van der Waals surface area contributed by atoms with Crippen molar-refractivity contribution in [1.82, 2.24) is 9.80 Å². The van der Waals surface area contributed by atoms with E-state index in [0.29, 0.717) is 0 Å². The van der Waals surface area contributed by atoms with Crippen LogP contribution >= 0.6 is 0 Å². The molecule has 0 bridgehead atoms. The van der Waals surface area contributed by atoms with Crippen LogP contribution in [0.2, 0.25) is 0 Å². The first-order chi connectivity index (χ1) is 7.66. The Balaban J connectivity index is 1.83. The number of ether oxygens (including phenoxy) is 1. The van der Waals surface area contributed by atoms with Crippen LogP contribution in [0.5, 0.6) is 0 Å². The second kappa shape index (κ2) is 5.48. The van der Waals surface area contributed by atoms with Crippen LogP contribution in [0.4, 0.5) is 0 Å². The number of hydrogen-bond acceptors (Lipinski definition) is 3. The van der Waals surface area contributed by atoms with Crippen LogP contribution in [0.25, 0.3) is 0 Å². The molecule has 3 unspecified atom stereocenters. The molecule has 2 heterocycles. The van der Waals surface area contributed by atoms with Gasteiger partial charge in [0, 0.05) is 32.2 Å². The first kappa shape index (κ1) is 12.3. The second-order valence-corrected chi connectivity index (χ2v) is 5.67. The van der Waals surface area contributed by atoms with Gasteiger partial charge >= 0.3 is 0 Å². The Morgan fingerprint density at radius 3 is 2.56 bits per heavy atom. The molecule has 0 aromatic heterocycles. The summed E-state index contributed by atoms with van der Waals surface area (Å²) in [5.41, 5.74) is 0. The molecular formula is C13H26N2O. The van der Waals surface area contributed by atoms with Crippen LogP contribution in [0.1, 0.15) is 20.3 Å². The Morgan fingerprint density at radius 2 is 1.88 bits per heavy atom. The molecule has 0 N–H and O–H groups in total. The van der Waals surface area contributed by atoms with Crippen LogP contribution in [0.15, 0.2) is 0 Å². The first-order valence-electron chi connectivity index (χ1n) is 6.67. The minimum atomic E-state index is 0.760. The molecule has 0 saturated carbocycles. The van der Waals surface area contributed by atoms with Gasteiger partial charge in [-0.05, 0) is 32.2 Å². The summed E-state index contributed by atoms with van der Waals surface area (Å²) in [5, 5.41) is 0. The first-order valence-corrected chi connectivity index (χ1v) is 6.67. The van der Waals surface area contributed by atoms with Gasteiger partial charge in [0.15, 0.2) is 0 Å². The van der Waals surface area contributed by atoms with Gasteiger partial charge in [0.1, 0.15) is 0 Å². The summed E-state index contributed by atoms with van der Waals surface area (Å²) >= 11 is 0. The van der Waals surface area contributed by atoms with E-state index in [1.165, 1.54) is 19.5 Å². The Labute approximate surface area is 99.7 Å². The monoisotopic (exact) mass is 226 g/mol. The lowest BCUT2D eigenvalue weighted by molar-refractivity contribution is 0.0105. The SMILES string of the molecule is CC1CC(C)N(C)CC1CN1CCOCC1. The molecular weight excluding hydrogens is 200 g/mol. The molecule has 0 radical (unpaired) electrons. The second-order valence-electron chi connectivity index (χ2n) is 5.67. The van der Waals surface area contributed by atoms with E-state index in [2.05, 4.69) is 30.7 Å². The summed E-state index contributed by atoms with van der Waals surface area (Å²) in [4.78, 5) is 5.10. The van der Waals surface area contributed by atoms with Gasteiger partial charge in [-0.15, -0.1) is 0 Å². The molecule has 2 fully saturated rings. The molecule has 0 spiro atoms. The largest absolute Gasteiger partial charge is 0.379 e. The van der Waals surface area contributed by atoms with Crippen molar-refractivity contribution in [2.24, 2.45) is 11.8 Å². The minimum absolute atomic E-state index is 0.760. The molecule has 0 amide bonds. The molecule has 3 atom stereocenters. The summed E-state index contributed by atoms with van der Waals surface area (Å²) in [5.74, 6) is 1.72. The van der Waals surface area contributed by atoms with Crippen molar-refractivity contribution in [3.8, 4) is 0 Å². The molecule has 2 rings (SSSR count). The average Bonchev–Trinajstić information content (AvgIpc) is 2.27. The van der Waals surface area contributed by atoms with Crippen molar-refractivity contribution in [2.75, 3.05) is 46.4 Å². The highest BCUT2D eigenvalue weighted by Gasteiger charge is 2.30. The highest BCUT2D eigenvalue weighted by atomic mass is 16.5. The van der Waals surface area contributed by atoms with Crippen molar-refractivity contribution in [3.63, 3.8) is 0 Å². The molecule has 2 aliphatic heterocycles. The predicted molar refractivity (Wildman–Crippen MR) is 66.6 cm³/mol. The number of likely N-dealkylation sites (tertiary alicyclic amines) is 1. The van der Waals surface area contributed by atoms with Crippen molar-refractivity contribution < 1.29 is 4.74 Å². The zero-order chi connectivity index (χ0) is 11.5. The van der Waals surface area contributed by atoms with Gasteiger partial charge < -0.3 is 9.64 Å². The van der Waals surface area contributed by atoms with Gasteiger partial charge in [-0.2, -0.15) is 0 Å². The molecule has 2 aliphatic rings. The van der Waals surface area contributed by atoms with E-state index >= 15 is 0 Å². The molecule has 0 aromatic carbocycles. The topological polar surface area (TPSA) is 15.7 Å². The number of morpholine rings is 1. The normalized spacial score (nSPS) is 38.8. The number of rotatable bonds is 2. The molecule has 3 heteroatoms. The fraction of sp³-hybridized carbons (Fsp3) is 1.00. The van der Waals surface area contributed by atoms with Crippen molar-refractivity contribution in [1.29, 1.82) is 0 Å². The summed E-state index contributed by atoms with van der Waals surface area (Å²) in [6.45, 7) is 11.4. The highest BCUT2D eigenvalue weighted by Crippen LogP contribution is 2.27. The Kier molecular flexibility index (Phi) is 4.22. The van der Waals surface area contributed by atoms with E-state index in [0.717, 1.165) is 44.2 Å². The summed E-state index contributed by atoms with van der Waals surface area (Å²) in [6, 6.07) is 0.760. The third kappa shape index (κ3) is 2.96. The zero-order valence-electron chi connectivity index (χ0n) is 11.0. The van der Waals surface area contributed by atoms with E-state index in [1.807, 2.05) is 0 Å². The van der Waals surface area contributed by atoms with Gasteiger partial charge in [-0.3, -0.25) is 4.90 Å². The van der Waals surface area contributed by atoms with E-state index in [-0.39, 0.29) is 0 Å². The molecule has 94 valence electrons. The molecule has 3 nitrogen and oxygen atoms in total. The minimum Gasteiger partial charge on any atom is -0.379 e. The van der Waals surface area contributed by atoms with E-state index in [4.69, 9.17) is 4.74 Å². The molecule has 16 heavy (non-hydrogen) atoms. The number of nitrogens with zero attached hydrogens (tertiary/aromatic N) is 2. The molecule has 0 aromatic rings. The van der Waals surface area contributed by atoms with Crippen molar-refractivity contribution >= 4 is 0 Å². The lowest BCUT2D eigenvalue weighted by Crippen LogP contribution is -2.48. The third-order valence-corrected chi connectivity index (χ3v) is 4.39. The van der Waals surface area contributed by atoms with Crippen molar-refractivity contribution in [3.05, 3.63) is 0 Å². The van der Waals surface area contributed by atoms with Gasteiger partial charge in [0.2, 0.25) is 0 Å². The smallest absolute Gasteiger partial charge is 0.0594 e. The van der Waals surface area contributed by atoms with E-state index in [9.17, 15) is 0 Å². The Morgan fingerprint density at radius 1 is 1.19 bits per heavy atom. The summed E-state index contributed by atoms with van der Waals surface area (Å²) < 4.78 is 5.40. The fourth-order valence-corrected chi connectivity index (χ4v) is 2.99.